The fraction of sp³-hybridized carbons (Fsp3) is 0.167. The Labute approximate surface area is 89.7 Å². The highest BCUT2D eigenvalue weighted by molar-refractivity contribution is 8.93. The van der Waals surface area contributed by atoms with Gasteiger partial charge in [0.15, 0.2) is 10.8 Å². The van der Waals surface area contributed by atoms with E-state index in [1.807, 2.05) is 6.92 Å². The molecule has 0 spiro atoms. The molecule has 0 saturated carbocycles. The van der Waals surface area contributed by atoms with Crippen LogP contribution in [0.3, 0.4) is 0 Å². The van der Waals surface area contributed by atoms with Crippen LogP contribution in [0.4, 0.5) is 5.95 Å². The summed E-state index contributed by atoms with van der Waals surface area (Å²) in [5.74, 6) is 0.246. The van der Waals surface area contributed by atoms with Crippen LogP contribution in [0, 0.1) is 6.92 Å². The number of aryl methyl sites for hydroxylation is 1. The van der Waals surface area contributed by atoms with Crippen LogP contribution in [0.25, 0.3) is 5.65 Å². The summed E-state index contributed by atoms with van der Waals surface area (Å²) >= 11 is 5.71. The highest BCUT2D eigenvalue weighted by Gasteiger charge is 2.06. The fourth-order valence-electron chi connectivity index (χ4n) is 1.00. The van der Waals surface area contributed by atoms with E-state index < -0.39 is 0 Å². The summed E-state index contributed by atoms with van der Waals surface area (Å²) in [7, 11) is 0. The molecule has 13 heavy (non-hydrogen) atoms. The maximum atomic E-state index is 5.71. The van der Waals surface area contributed by atoms with Gasteiger partial charge in [0.25, 0.3) is 0 Å². The molecular weight excluding hydrogens is 257 g/mol. The number of rotatable bonds is 0. The third kappa shape index (κ3) is 1.59. The lowest BCUT2D eigenvalue weighted by molar-refractivity contribution is 0.933. The first-order valence-corrected chi connectivity index (χ1v) is 3.70. The number of aromatic nitrogens is 4. The maximum Gasteiger partial charge on any atom is 0.243 e. The second-order valence-corrected chi connectivity index (χ2v) is 2.83. The van der Waals surface area contributed by atoms with Crippen molar-refractivity contribution < 1.29 is 0 Å². The molecule has 0 radical (unpaired) electrons. The van der Waals surface area contributed by atoms with Crippen molar-refractivity contribution in [2.45, 2.75) is 6.92 Å². The zero-order chi connectivity index (χ0) is 8.72. The lowest BCUT2D eigenvalue weighted by Crippen LogP contribution is -1.99. The average molecular weight is 265 g/mol. The summed E-state index contributed by atoms with van der Waals surface area (Å²) in [6.45, 7) is 1.87. The van der Waals surface area contributed by atoms with Crippen molar-refractivity contribution in [1.29, 1.82) is 0 Å². The fourth-order valence-corrected chi connectivity index (χ4v) is 1.24. The van der Waals surface area contributed by atoms with Crippen molar-refractivity contribution >= 4 is 40.2 Å². The lowest BCUT2D eigenvalue weighted by atomic mass is 10.3. The van der Waals surface area contributed by atoms with Gasteiger partial charge in [-0.05, 0) is 18.6 Å². The Morgan fingerprint density at radius 2 is 2.15 bits per heavy atom. The zero-order valence-electron chi connectivity index (χ0n) is 6.73. The van der Waals surface area contributed by atoms with Gasteiger partial charge in [0.1, 0.15) is 0 Å². The first-order chi connectivity index (χ1) is 5.68. The number of hydrogen-bond acceptors (Lipinski definition) is 4. The Morgan fingerprint density at radius 3 is 2.85 bits per heavy atom. The lowest BCUT2D eigenvalue weighted by Gasteiger charge is -1.96. The Kier molecular flexibility index (Phi) is 2.72. The van der Waals surface area contributed by atoms with Crippen LogP contribution >= 0.6 is 28.6 Å². The molecule has 0 aliphatic rings. The molecule has 0 saturated heterocycles. The van der Waals surface area contributed by atoms with Crippen molar-refractivity contribution in [3.8, 4) is 0 Å². The summed E-state index contributed by atoms with van der Waals surface area (Å²) in [4.78, 5) is 0. The van der Waals surface area contributed by atoms with Gasteiger partial charge in [-0.3, -0.25) is 0 Å². The monoisotopic (exact) mass is 263 g/mol. The molecule has 0 bridgehead atoms. The Morgan fingerprint density at radius 1 is 1.46 bits per heavy atom. The number of anilines is 1. The van der Waals surface area contributed by atoms with Crippen molar-refractivity contribution in [2.24, 2.45) is 0 Å². The molecule has 0 aromatic carbocycles. The van der Waals surface area contributed by atoms with E-state index in [1.54, 1.807) is 6.07 Å². The molecule has 2 rings (SSSR count). The predicted octanol–water partition coefficient (Wildman–Crippen LogP) is 1.25. The van der Waals surface area contributed by atoms with Gasteiger partial charge < -0.3 is 5.73 Å². The van der Waals surface area contributed by atoms with Gasteiger partial charge in [-0.2, -0.15) is 9.61 Å². The number of fused-ring (bicyclic) bond motifs is 1. The second kappa shape index (κ2) is 3.47. The Hall–Kier alpha value is -0.880. The third-order valence-corrected chi connectivity index (χ3v) is 1.73. The summed E-state index contributed by atoms with van der Waals surface area (Å²) in [5.41, 5.74) is 7.02. The molecule has 0 aliphatic carbocycles. The van der Waals surface area contributed by atoms with E-state index in [1.165, 1.54) is 4.52 Å². The minimum absolute atomic E-state index is 0. The zero-order valence-corrected chi connectivity index (χ0v) is 9.20. The standard InChI is InChI=1S/C6H6ClN5.BrH/c1-3-2-4(7)11-12-5(3)9-10-6(12)8;/h2H,1H3,(H2,8,10);1H. The average Bonchev–Trinajstić information content (AvgIpc) is 2.33. The summed E-state index contributed by atoms with van der Waals surface area (Å²) in [6, 6.07) is 1.71. The molecular formula is C6H7BrClN5. The minimum Gasteiger partial charge on any atom is -0.366 e. The molecule has 2 aromatic heterocycles. The maximum absolute atomic E-state index is 5.71. The van der Waals surface area contributed by atoms with Crippen LogP contribution in [0.5, 0.6) is 0 Å². The quantitative estimate of drug-likeness (QED) is 0.777. The van der Waals surface area contributed by atoms with Gasteiger partial charge in [0, 0.05) is 0 Å². The van der Waals surface area contributed by atoms with Crippen LogP contribution in [-0.2, 0) is 0 Å². The van der Waals surface area contributed by atoms with E-state index in [2.05, 4.69) is 15.3 Å². The molecule has 2 N–H and O–H groups in total. The number of nitrogen functional groups attached to an aromatic ring is 1. The van der Waals surface area contributed by atoms with Crippen LogP contribution in [0.15, 0.2) is 6.07 Å². The molecule has 70 valence electrons. The predicted molar refractivity (Wildman–Crippen MR) is 55.3 cm³/mol. The van der Waals surface area contributed by atoms with Crippen molar-refractivity contribution in [3.05, 3.63) is 16.8 Å². The van der Waals surface area contributed by atoms with E-state index in [0.717, 1.165) is 5.56 Å². The van der Waals surface area contributed by atoms with E-state index in [9.17, 15) is 0 Å². The van der Waals surface area contributed by atoms with Gasteiger partial charge in [-0.1, -0.05) is 11.6 Å². The van der Waals surface area contributed by atoms with Gasteiger partial charge >= 0.3 is 0 Å². The third-order valence-electron chi connectivity index (χ3n) is 1.55. The first kappa shape index (κ1) is 10.2. The van der Waals surface area contributed by atoms with E-state index in [-0.39, 0.29) is 22.9 Å². The van der Waals surface area contributed by atoms with Crippen molar-refractivity contribution in [3.63, 3.8) is 0 Å². The van der Waals surface area contributed by atoms with Crippen LogP contribution < -0.4 is 5.73 Å². The second-order valence-electron chi connectivity index (χ2n) is 2.44. The summed E-state index contributed by atoms with van der Waals surface area (Å²) < 4.78 is 1.41. The SMILES string of the molecule is Br.Cc1cc(Cl)nn2c(N)nnc12. The molecule has 0 atom stereocenters. The number of nitrogens with two attached hydrogens (primary N) is 1. The van der Waals surface area contributed by atoms with Crippen molar-refractivity contribution in [1.82, 2.24) is 19.8 Å². The van der Waals surface area contributed by atoms with Gasteiger partial charge in [-0.15, -0.1) is 27.2 Å². The topological polar surface area (TPSA) is 69.1 Å². The molecule has 2 heterocycles. The molecule has 2 aromatic rings. The molecule has 0 fully saturated rings. The molecule has 5 nitrogen and oxygen atoms in total. The number of halogens is 2. The normalized spacial score (nSPS) is 10.0. The molecule has 0 aliphatic heterocycles. The highest BCUT2D eigenvalue weighted by Crippen LogP contribution is 2.13. The largest absolute Gasteiger partial charge is 0.366 e. The highest BCUT2D eigenvalue weighted by atomic mass is 79.9. The molecule has 0 amide bonds. The Balaban J connectivity index is 0.000000845. The van der Waals surface area contributed by atoms with Gasteiger partial charge in [0.2, 0.25) is 5.95 Å². The van der Waals surface area contributed by atoms with E-state index in [0.29, 0.717) is 10.8 Å². The summed E-state index contributed by atoms with van der Waals surface area (Å²) in [6.07, 6.45) is 0. The van der Waals surface area contributed by atoms with Gasteiger partial charge in [-0.25, -0.2) is 0 Å². The molecule has 7 heteroatoms. The van der Waals surface area contributed by atoms with Crippen LogP contribution in [0.2, 0.25) is 5.15 Å². The van der Waals surface area contributed by atoms with Crippen LogP contribution in [0.1, 0.15) is 5.56 Å². The van der Waals surface area contributed by atoms with Gasteiger partial charge in [0.05, 0.1) is 0 Å². The number of nitrogens with zero attached hydrogens (tertiary/aromatic N) is 4. The smallest absolute Gasteiger partial charge is 0.243 e. The van der Waals surface area contributed by atoms with E-state index >= 15 is 0 Å². The van der Waals surface area contributed by atoms with Crippen molar-refractivity contribution in [2.75, 3.05) is 5.73 Å². The first-order valence-electron chi connectivity index (χ1n) is 3.32. The van der Waals surface area contributed by atoms with Crippen LogP contribution in [-0.4, -0.2) is 19.8 Å². The summed E-state index contributed by atoms with van der Waals surface area (Å²) in [5, 5.41) is 11.8. The number of hydrogen-bond donors (Lipinski definition) is 1. The minimum atomic E-state index is 0. The van der Waals surface area contributed by atoms with E-state index in [4.69, 9.17) is 17.3 Å². The Bertz CT molecular complexity index is 440. The molecule has 0 unspecified atom stereocenters.